The maximum absolute atomic E-state index is 12.4. The van der Waals surface area contributed by atoms with Crippen LogP contribution in [0.5, 0.6) is 0 Å². The van der Waals surface area contributed by atoms with Crippen LogP contribution in [0.15, 0.2) is 35.4 Å². The van der Waals surface area contributed by atoms with E-state index in [2.05, 4.69) is 4.98 Å². The van der Waals surface area contributed by atoms with E-state index < -0.39 is 0 Å². The van der Waals surface area contributed by atoms with Gasteiger partial charge in [0.2, 0.25) is 5.91 Å². The first kappa shape index (κ1) is 14.8. The van der Waals surface area contributed by atoms with Crippen LogP contribution in [0, 0.1) is 0 Å². The Balaban J connectivity index is 1.75. The summed E-state index contributed by atoms with van der Waals surface area (Å²) in [6.07, 6.45) is 4.08. The second-order valence-electron chi connectivity index (χ2n) is 6.14. The molecule has 1 saturated carbocycles. The van der Waals surface area contributed by atoms with Gasteiger partial charge in [-0.2, -0.15) is 0 Å². The number of amides is 1. The highest BCUT2D eigenvalue weighted by Gasteiger charge is 2.33. The predicted octanol–water partition coefficient (Wildman–Crippen LogP) is 2.19. The van der Waals surface area contributed by atoms with Crippen LogP contribution in [0.1, 0.15) is 33.1 Å². The van der Waals surface area contributed by atoms with Crippen molar-refractivity contribution >= 4 is 16.8 Å². The normalized spacial score (nSPS) is 14.5. The standard InChI is InChI=1S/C17H21N3O2/c1-12(2)20(13-7-8-13)16(21)9-10-19-11-18-15-6-4-3-5-14(15)17(19)22/h3-6,11-13H,7-10H2,1-2H3. The Labute approximate surface area is 129 Å². The second-order valence-corrected chi connectivity index (χ2v) is 6.14. The number of carbonyl (C=O) groups is 1. The highest BCUT2D eigenvalue weighted by Crippen LogP contribution is 2.29. The number of rotatable bonds is 5. The van der Waals surface area contributed by atoms with Gasteiger partial charge in [-0.25, -0.2) is 4.98 Å². The molecule has 3 rings (SSSR count). The molecular formula is C17H21N3O2. The molecule has 0 unspecified atom stereocenters. The van der Waals surface area contributed by atoms with Gasteiger partial charge in [0, 0.05) is 25.0 Å². The van der Waals surface area contributed by atoms with Crippen molar-refractivity contribution in [3.05, 3.63) is 40.9 Å². The van der Waals surface area contributed by atoms with Crippen LogP contribution in [-0.4, -0.2) is 32.4 Å². The number of nitrogens with zero attached hydrogens (tertiary/aromatic N) is 3. The number of carbonyl (C=O) groups excluding carboxylic acids is 1. The fourth-order valence-corrected chi connectivity index (χ4v) is 2.88. The van der Waals surface area contributed by atoms with E-state index in [-0.39, 0.29) is 17.5 Å². The van der Waals surface area contributed by atoms with Gasteiger partial charge in [-0.15, -0.1) is 0 Å². The molecule has 1 fully saturated rings. The number of aromatic nitrogens is 2. The highest BCUT2D eigenvalue weighted by atomic mass is 16.2. The summed E-state index contributed by atoms with van der Waals surface area (Å²) in [5, 5.41) is 0.598. The first-order valence-corrected chi connectivity index (χ1v) is 7.83. The SMILES string of the molecule is CC(C)N(C(=O)CCn1cnc2ccccc2c1=O)C1CC1. The number of aryl methyl sites for hydroxylation is 1. The Kier molecular flexibility index (Phi) is 3.96. The molecule has 1 aliphatic carbocycles. The lowest BCUT2D eigenvalue weighted by Crippen LogP contribution is -2.39. The minimum absolute atomic E-state index is 0.0825. The molecule has 2 aromatic rings. The largest absolute Gasteiger partial charge is 0.337 e. The highest BCUT2D eigenvalue weighted by molar-refractivity contribution is 5.78. The molecule has 0 bridgehead atoms. The molecule has 1 aliphatic rings. The number of hydrogen-bond acceptors (Lipinski definition) is 3. The van der Waals surface area contributed by atoms with Crippen LogP contribution >= 0.6 is 0 Å². The number of benzene rings is 1. The van der Waals surface area contributed by atoms with Gasteiger partial charge in [-0.1, -0.05) is 12.1 Å². The first-order chi connectivity index (χ1) is 10.6. The molecule has 0 aliphatic heterocycles. The van der Waals surface area contributed by atoms with E-state index in [0.717, 1.165) is 12.8 Å². The summed E-state index contributed by atoms with van der Waals surface area (Å²) >= 11 is 0. The molecule has 0 atom stereocenters. The van der Waals surface area contributed by atoms with Gasteiger partial charge >= 0.3 is 0 Å². The van der Waals surface area contributed by atoms with Gasteiger partial charge in [0.1, 0.15) is 0 Å². The molecule has 22 heavy (non-hydrogen) atoms. The Morgan fingerprint density at radius 3 is 2.77 bits per heavy atom. The smallest absolute Gasteiger partial charge is 0.261 e. The van der Waals surface area contributed by atoms with E-state index in [1.807, 2.05) is 36.9 Å². The summed E-state index contributed by atoms with van der Waals surface area (Å²) < 4.78 is 1.53. The summed E-state index contributed by atoms with van der Waals surface area (Å²) in [6, 6.07) is 7.89. The van der Waals surface area contributed by atoms with Gasteiger partial charge < -0.3 is 4.90 Å². The third kappa shape index (κ3) is 2.89. The van der Waals surface area contributed by atoms with Crippen molar-refractivity contribution in [3.63, 3.8) is 0 Å². The molecule has 1 heterocycles. The van der Waals surface area contributed by atoms with Crippen molar-refractivity contribution in [2.75, 3.05) is 0 Å². The van der Waals surface area contributed by atoms with Gasteiger partial charge in [0.25, 0.3) is 5.56 Å². The Morgan fingerprint density at radius 1 is 1.36 bits per heavy atom. The van der Waals surface area contributed by atoms with E-state index in [1.165, 1.54) is 10.9 Å². The molecule has 116 valence electrons. The van der Waals surface area contributed by atoms with Crippen LogP contribution in [0.4, 0.5) is 0 Å². The quantitative estimate of drug-likeness (QED) is 0.850. The van der Waals surface area contributed by atoms with Crippen molar-refractivity contribution in [1.29, 1.82) is 0 Å². The van der Waals surface area contributed by atoms with Crippen molar-refractivity contribution in [2.45, 2.75) is 51.7 Å². The lowest BCUT2D eigenvalue weighted by molar-refractivity contribution is -0.133. The van der Waals surface area contributed by atoms with Gasteiger partial charge in [0.05, 0.1) is 17.2 Å². The van der Waals surface area contributed by atoms with Gasteiger partial charge in [-0.3, -0.25) is 14.2 Å². The fourth-order valence-electron chi connectivity index (χ4n) is 2.88. The van der Waals surface area contributed by atoms with Crippen LogP contribution in [0.2, 0.25) is 0 Å². The Morgan fingerprint density at radius 2 is 2.09 bits per heavy atom. The van der Waals surface area contributed by atoms with E-state index in [0.29, 0.717) is 29.9 Å². The summed E-state index contributed by atoms with van der Waals surface area (Å²) in [5.74, 6) is 0.123. The van der Waals surface area contributed by atoms with E-state index in [9.17, 15) is 9.59 Å². The van der Waals surface area contributed by atoms with E-state index in [1.54, 1.807) is 6.07 Å². The molecule has 5 nitrogen and oxygen atoms in total. The van der Waals surface area contributed by atoms with Crippen molar-refractivity contribution in [1.82, 2.24) is 14.5 Å². The molecule has 5 heteroatoms. The van der Waals surface area contributed by atoms with Crippen LogP contribution in [-0.2, 0) is 11.3 Å². The third-order valence-corrected chi connectivity index (χ3v) is 4.08. The lowest BCUT2D eigenvalue weighted by Gasteiger charge is -2.26. The van der Waals surface area contributed by atoms with Crippen molar-refractivity contribution < 1.29 is 4.79 Å². The molecule has 0 saturated heterocycles. The number of fused-ring (bicyclic) bond motifs is 1. The zero-order valence-electron chi connectivity index (χ0n) is 13.0. The Bertz CT molecular complexity index is 745. The zero-order chi connectivity index (χ0) is 15.7. The summed E-state index contributed by atoms with van der Waals surface area (Å²) in [7, 11) is 0. The second kappa shape index (κ2) is 5.91. The summed E-state index contributed by atoms with van der Waals surface area (Å²) in [4.78, 5) is 31.0. The third-order valence-electron chi connectivity index (χ3n) is 4.08. The predicted molar refractivity (Wildman–Crippen MR) is 85.6 cm³/mol. The van der Waals surface area contributed by atoms with E-state index in [4.69, 9.17) is 0 Å². The number of para-hydroxylation sites is 1. The molecule has 0 spiro atoms. The maximum Gasteiger partial charge on any atom is 0.261 e. The molecule has 0 radical (unpaired) electrons. The number of hydrogen-bond donors (Lipinski definition) is 0. The Hall–Kier alpha value is -2.17. The minimum Gasteiger partial charge on any atom is -0.337 e. The van der Waals surface area contributed by atoms with Gasteiger partial charge in [0.15, 0.2) is 0 Å². The average molecular weight is 299 g/mol. The monoisotopic (exact) mass is 299 g/mol. The molecule has 1 amide bonds. The van der Waals surface area contributed by atoms with E-state index >= 15 is 0 Å². The van der Waals surface area contributed by atoms with Gasteiger partial charge in [-0.05, 0) is 38.8 Å². The zero-order valence-corrected chi connectivity index (χ0v) is 13.0. The van der Waals surface area contributed by atoms with Crippen LogP contribution in [0.25, 0.3) is 10.9 Å². The molecule has 0 N–H and O–H groups in total. The summed E-state index contributed by atoms with van der Waals surface area (Å²) in [6.45, 7) is 4.46. The topological polar surface area (TPSA) is 55.2 Å². The maximum atomic E-state index is 12.4. The van der Waals surface area contributed by atoms with Crippen molar-refractivity contribution in [2.24, 2.45) is 0 Å². The first-order valence-electron chi connectivity index (χ1n) is 7.83. The van der Waals surface area contributed by atoms with Crippen LogP contribution in [0.3, 0.4) is 0 Å². The molecule has 1 aromatic heterocycles. The van der Waals surface area contributed by atoms with Crippen molar-refractivity contribution in [3.8, 4) is 0 Å². The molecular weight excluding hydrogens is 278 g/mol. The average Bonchev–Trinajstić information content (AvgIpc) is 3.31. The lowest BCUT2D eigenvalue weighted by atomic mass is 10.2. The summed E-state index contributed by atoms with van der Waals surface area (Å²) in [5.41, 5.74) is 0.609. The minimum atomic E-state index is -0.0825. The fraction of sp³-hybridized carbons (Fsp3) is 0.471. The van der Waals surface area contributed by atoms with Crippen LogP contribution < -0.4 is 5.56 Å². The molecule has 1 aromatic carbocycles.